The van der Waals surface area contributed by atoms with Crippen molar-refractivity contribution < 1.29 is 19.4 Å². The second-order valence-corrected chi connectivity index (χ2v) is 7.21. The summed E-state index contributed by atoms with van der Waals surface area (Å²) in [6.45, 7) is 7.10. The number of hydrogen-bond donors (Lipinski definition) is 1. The Kier molecular flexibility index (Phi) is 3.92. The van der Waals surface area contributed by atoms with Crippen LogP contribution < -0.4 is 4.90 Å². The number of hydrogen-bond acceptors (Lipinski definition) is 4. The molecule has 1 aliphatic heterocycles. The van der Waals surface area contributed by atoms with E-state index in [9.17, 15) is 14.7 Å². The molecule has 1 heterocycles. The van der Waals surface area contributed by atoms with E-state index < -0.39 is 23.2 Å². The number of nitrogens with zero attached hydrogens (tertiary/aromatic N) is 1. The van der Waals surface area contributed by atoms with Crippen LogP contribution in [0.25, 0.3) is 0 Å². The molecular weight excluding hydrogens is 318 g/mol. The van der Waals surface area contributed by atoms with E-state index in [1.807, 2.05) is 19.1 Å². The number of aliphatic hydroxyl groups is 1. The minimum absolute atomic E-state index is 0.338. The molecule has 0 fully saturated rings. The van der Waals surface area contributed by atoms with Gasteiger partial charge in [-0.25, -0.2) is 9.69 Å². The van der Waals surface area contributed by atoms with Crippen LogP contribution in [0.1, 0.15) is 37.5 Å². The van der Waals surface area contributed by atoms with Gasteiger partial charge in [0.1, 0.15) is 5.60 Å². The Labute approximate surface area is 146 Å². The maximum Gasteiger partial charge on any atom is 0.421 e. The zero-order valence-electron chi connectivity index (χ0n) is 14.7. The van der Waals surface area contributed by atoms with Crippen molar-refractivity contribution >= 4 is 17.7 Å². The second-order valence-electron chi connectivity index (χ2n) is 7.21. The topological polar surface area (TPSA) is 66.8 Å². The minimum atomic E-state index is -1.92. The van der Waals surface area contributed by atoms with Gasteiger partial charge in [-0.2, -0.15) is 0 Å². The Morgan fingerprint density at radius 3 is 2.28 bits per heavy atom. The van der Waals surface area contributed by atoms with Gasteiger partial charge in [0.05, 0.1) is 5.69 Å². The van der Waals surface area contributed by atoms with E-state index in [0.29, 0.717) is 16.8 Å². The van der Waals surface area contributed by atoms with Crippen LogP contribution in [0.2, 0.25) is 0 Å². The van der Waals surface area contributed by atoms with Gasteiger partial charge in [0.25, 0.3) is 5.91 Å². The number of para-hydroxylation sites is 1. The average molecular weight is 339 g/mol. The van der Waals surface area contributed by atoms with Crippen molar-refractivity contribution in [2.24, 2.45) is 0 Å². The molecule has 0 unspecified atom stereocenters. The molecule has 2 aromatic rings. The number of amides is 2. The highest BCUT2D eigenvalue weighted by Gasteiger charge is 2.54. The third kappa shape index (κ3) is 2.81. The first kappa shape index (κ1) is 17.2. The molecule has 5 heteroatoms. The van der Waals surface area contributed by atoms with Gasteiger partial charge >= 0.3 is 6.09 Å². The molecule has 1 atom stereocenters. The van der Waals surface area contributed by atoms with Crippen molar-refractivity contribution in [3.05, 3.63) is 65.2 Å². The zero-order valence-corrected chi connectivity index (χ0v) is 14.7. The van der Waals surface area contributed by atoms with Crippen LogP contribution in [0.3, 0.4) is 0 Å². The fraction of sp³-hybridized carbons (Fsp3) is 0.300. The van der Waals surface area contributed by atoms with E-state index in [4.69, 9.17) is 4.74 Å². The molecule has 25 heavy (non-hydrogen) atoms. The van der Waals surface area contributed by atoms with Crippen LogP contribution in [0.4, 0.5) is 10.5 Å². The van der Waals surface area contributed by atoms with Crippen molar-refractivity contribution in [1.82, 2.24) is 0 Å². The summed E-state index contributed by atoms with van der Waals surface area (Å²) in [5.74, 6) is -0.730. The summed E-state index contributed by atoms with van der Waals surface area (Å²) in [4.78, 5) is 26.6. The van der Waals surface area contributed by atoms with Gasteiger partial charge in [-0.1, -0.05) is 48.0 Å². The van der Waals surface area contributed by atoms with Crippen molar-refractivity contribution in [1.29, 1.82) is 0 Å². The number of rotatable bonds is 1. The molecule has 1 N–H and O–H groups in total. The predicted molar refractivity (Wildman–Crippen MR) is 94.3 cm³/mol. The first-order chi connectivity index (χ1) is 11.6. The summed E-state index contributed by atoms with van der Waals surface area (Å²) in [6, 6.07) is 13.7. The molecule has 0 saturated heterocycles. The molecule has 2 aromatic carbocycles. The van der Waals surface area contributed by atoms with Gasteiger partial charge in [-0.15, -0.1) is 0 Å². The van der Waals surface area contributed by atoms with Crippen LogP contribution >= 0.6 is 0 Å². The Morgan fingerprint density at radius 2 is 1.68 bits per heavy atom. The molecule has 3 rings (SSSR count). The molecule has 0 aromatic heterocycles. The smallest absolute Gasteiger partial charge is 0.421 e. The third-order valence-corrected chi connectivity index (χ3v) is 4.09. The molecular formula is C20H21NO4. The monoisotopic (exact) mass is 339 g/mol. The molecule has 130 valence electrons. The van der Waals surface area contributed by atoms with Gasteiger partial charge in [0, 0.05) is 5.56 Å². The molecule has 0 bridgehead atoms. The normalized spacial score (nSPS) is 19.7. The molecule has 0 saturated carbocycles. The highest BCUT2D eigenvalue weighted by molar-refractivity contribution is 6.21. The maximum absolute atomic E-state index is 13.1. The Morgan fingerprint density at radius 1 is 1.08 bits per heavy atom. The summed E-state index contributed by atoms with van der Waals surface area (Å²) in [5, 5.41) is 11.3. The number of fused-ring (bicyclic) bond motifs is 1. The lowest BCUT2D eigenvalue weighted by atomic mass is 9.87. The fourth-order valence-corrected chi connectivity index (χ4v) is 2.92. The molecule has 0 aliphatic carbocycles. The quantitative estimate of drug-likeness (QED) is 0.863. The molecule has 2 amide bonds. The number of aryl methyl sites for hydroxylation is 1. The van der Waals surface area contributed by atoms with Crippen LogP contribution in [-0.2, 0) is 15.1 Å². The zero-order chi connectivity index (χ0) is 18.4. The lowest BCUT2D eigenvalue weighted by Gasteiger charge is -2.25. The highest BCUT2D eigenvalue weighted by Crippen LogP contribution is 2.44. The summed E-state index contributed by atoms with van der Waals surface area (Å²) in [7, 11) is 0. The molecule has 5 nitrogen and oxygen atoms in total. The number of benzene rings is 2. The van der Waals surface area contributed by atoms with E-state index in [-0.39, 0.29) is 0 Å². The summed E-state index contributed by atoms with van der Waals surface area (Å²) < 4.78 is 5.35. The van der Waals surface area contributed by atoms with Gasteiger partial charge < -0.3 is 9.84 Å². The van der Waals surface area contributed by atoms with Gasteiger partial charge in [0.15, 0.2) is 5.60 Å². The van der Waals surface area contributed by atoms with Gasteiger partial charge in [0.2, 0.25) is 0 Å². The van der Waals surface area contributed by atoms with Gasteiger partial charge in [-0.3, -0.25) is 4.79 Å². The Hall–Kier alpha value is -2.66. The van der Waals surface area contributed by atoms with E-state index in [1.165, 1.54) is 0 Å². The summed E-state index contributed by atoms with van der Waals surface area (Å²) in [6.07, 6.45) is -0.798. The lowest BCUT2D eigenvalue weighted by Crippen LogP contribution is -2.45. The van der Waals surface area contributed by atoms with E-state index in [1.54, 1.807) is 57.2 Å². The van der Waals surface area contributed by atoms with Crippen LogP contribution in [0.5, 0.6) is 0 Å². The molecule has 0 spiro atoms. The van der Waals surface area contributed by atoms with Crippen LogP contribution in [-0.4, -0.2) is 22.7 Å². The third-order valence-electron chi connectivity index (χ3n) is 4.09. The van der Waals surface area contributed by atoms with E-state index in [0.717, 1.165) is 10.5 Å². The van der Waals surface area contributed by atoms with E-state index in [2.05, 4.69) is 0 Å². The maximum atomic E-state index is 13.1. The average Bonchev–Trinajstić information content (AvgIpc) is 2.76. The Bertz CT molecular complexity index is 836. The van der Waals surface area contributed by atoms with E-state index >= 15 is 0 Å². The lowest BCUT2D eigenvalue weighted by molar-refractivity contribution is -0.131. The summed E-state index contributed by atoms with van der Waals surface area (Å²) >= 11 is 0. The molecule has 0 radical (unpaired) electrons. The van der Waals surface area contributed by atoms with Crippen LogP contribution in [0.15, 0.2) is 48.5 Å². The molecule has 1 aliphatic rings. The van der Waals surface area contributed by atoms with Crippen molar-refractivity contribution in [2.45, 2.75) is 38.9 Å². The number of anilines is 1. The fourth-order valence-electron chi connectivity index (χ4n) is 2.92. The van der Waals surface area contributed by atoms with Crippen molar-refractivity contribution in [3.8, 4) is 0 Å². The highest BCUT2D eigenvalue weighted by atomic mass is 16.6. The first-order valence-corrected chi connectivity index (χ1v) is 8.11. The number of carbonyl (C=O) groups excluding carboxylic acids is 2. The van der Waals surface area contributed by atoms with Gasteiger partial charge in [-0.05, 0) is 39.3 Å². The standard InChI is InChI=1S/C20H21NO4/c1-13-9-11-14(12-10-13)20(24)15-7-5-6-8-16(15)21(17(20)22)18(23)25-19(2,3)4/h5-12,24H,1-4H3/t20-/m0/s1. The first-order valence-electron chi connectivity index (χ1n) is 8.11. The number of carbonyl (C=O) groups is 2. The Balaban J connectivity index is 2.12. The number of ether oxygens (including phenoxy) is 1. The van der Waals surface area contributed by atoms with Crippen molar-refractivity contribution in [2.75, 3.05) is 4.90 Å². The SMILES string of the molecule is Cc1ccc([C@@]2(O)C(=O)N(C(=O)OC(C)(C)C)c3ccccc32)cc1. The number of imide groups is 1. The van der Waals surface area contributed by atoms with Crippen molar-refractivity contribution in [3.63, 3.8) is 0 Å². The summed E-state index contributed by atoms with van der Waals surface area (Å²) in [5.41, 5.74) is -0.533. The predicted octanol–water partition coefficient (Wildman–Crippen LogP) is 3.51. The second kappa shape index (κ2) is 5.70. The van der Waals surface area contributed by atoms with Crippen LogP contribution in [0, 0.1) is 6.92 Å². The minimum Gasteiger partial charge on any atom is -0.443 e. The largest absolute Gasteiger partial charge is 0.443 e.